The van der Waals surface area contributed by atoms with E-state index in [2.05, 4.69) is 0 Å². The van der Waals surface area contributed by atoms with Gasteiger partial charge in [0.25, 0.3) is 5.91 Å². The zero-order valence-corrected chi connectivity index (χ0v) is 13.3. The first-order valence-corrected chi connectivity index (χ1v) is 7.14. The Morgan fingerprint density at radius 2 is 2.09 bits per heavy atom. The molecule has 1 aromatic rings. The molecule has 1 aliphatic heterocycles. The van der Waals surface area contributed by atoms with Crippen LogP contribution in [0, 0.1) is 0 Å². The summed E-state index contributed by atoms with van der Waals surface area (Å²) in [6, 6.07) is 3.08. The van der Waals surface area contributed by atoms with Crippen molar-refractivity contribution >= 4 is 46.3 Å². The lowest BCUT2D eigenvalue weighted by Crippen LogP contribution is -2.34. The SMILES string of the molecule is COc1ccc(/C=C2/SC(=S)N(N)C2=O)c(C(=O)O)c1OC. The number of benzene rings is 1. The van der Waals surface area contributed by atoms with Crippen molar-refractivity contribution in [3.63, 3.8) is 0 Å². The van der Waals surface area contributed by atoms with Crippen LogP contribution in [0.4, 0.5) is 0 Å². The minimum atomic E-state index is -1.20. The maximum Gasteiger partial charge on any atom is 0.340 e. The molecule has 1 aromatic carbocycles. The monoisotopic (exact) mass is 340 g/mol. The summed E-state index contributed by atoms with van der Waals surface area (Å²) in [5, 5.41) is 10.3. The minimum Gasteiger partial charge on any atom is -0.493 e. The zero-order chi connectivity index (χ0) is 16.4. The van der Waals surface area contributed by atoms with E-state index in [1.807, 2.05) is 0 Å². The van der Waals surface area contributed by atoms with Gasteiger partial charge in [-0.15, -0.1) is 0 Å². The van der Waals surface area contributed by atoms with Gasteiger partial charge in [0.2, 0.25) is 0 Å². The van der Waals surface area contributed by atoms with Gasteiger partial charge in [-0.25, -0.2) is 15.6 Å². The van der Waals surface area contributed by atoms with Crippen molar-refractivity contribution in [2.45, 2.75) is 0 Å². The van der Waals surface area contributed by atoms with Gasteiger partial charge in [0, 0.05) is 0 Å². The second kappa shape index (κ2) is 6.34. The zero-order valence-electron chi connectivity index (χ0n) is 11.7. The highest BCUT2D eigenvalue weighted by molar-refractivity contribution is 8.26. The third-order valence-electron chi connectivity index (χ3n) is 2.90. The molecule has 0 unspecified atom stereocenters. The number of nitrogens with zero attached hydrogens (tertiary/aromatic N) is 1. The van der Waals surface area contributed by atoms with Crippen molar-refractivity contribution in [1.82, 2.24) is 5.01 Å². The van der Waals surface area contributed by atoms with E-state index in [9.17, 15) is 14.7 Å². The molecule has 116 valence electrons. The Hall–Kier alpha value is -2.10. The van der Waals surface area contributed by atoms with Crippen LogP contribution >= 0.6 is 24.0 Å². The van der Waals surface area contributed by atoms with Gasteiger partial charge in [0.05, 0.1) is 19.1 Å². The summed E-state index contributed by atoms with van der Waals surface area (Å²) < 4.78 is 10.4. The first kappa shape index (κ1) is 16.3. The van der Waals surface area contributed by atoms with Crippen LogP contribution < -0.4 is 15.3 Å². The van der Waals surface area contributed by atoms with Gasteiger partial charge in [-0.05, 0) is 17.7 Å². The summed E-state index contributed by atoms with van der Waals surface area (Å²) in [5.74, 6) is 4.15. The molecule has 1 saturated heterocycles. The topological polar surface area (TPSA) is 102 Å². The average Bonchev–Trinajstić information content (AvgIpc) is 2.73. The van der Waals surface area contributed by atoms with Crippen molar-refractivity contribution in [2.75, 3.05) is 14.2 Å². The molecule has 0 spiro atoms. The fraction of sp³-hybridized carbons (Fsp3) is 0.154. The number of amides is 1. The standard InChI is InChI=1S/C13H12N2O5S2/c1-19-7-4-3-6(9(12(17)18)10(7)20-2)5-8-11(16)15(14)13(21)22-8/h3-5H,14H2,1-2H3,(H,17,18)/b8-5+. The van der Waals surface area contributed by atoms with Crippen molar-refractivity contribution in [2.24, 2.45) is 5.84 Å². The molecule has 3 N–H and O–H groups in total. The quantitative estimate of drug-likeness (QED) is 0.368. The van der Waals surface area contributed by atoms with Gasteiger partial charge in [0.1, 0.15) is 5.56 Å². The summed E-state index contributed by atoms with van der Waals surface area (Å²) in [7, 11) is 2.75. The van der Waals surface area contributed by atoms with E-state index in [0.29, 0.717) is 5.56 Å². The van der Waals surface area contributed by atoms with Crippen LogP contribution in [0.1, 0.15) is 15.9 Å². The highest BCUT2D eigenvalue weighted by Gasteiger charge is 2.30. The van der Waals surface area contributed by atoms with Crippen LogP contribution in [0.2, 0.25) is 0 Å². The summed E-state index contributed by atoms with van der Waals surface area (Å²) in [5.41, 5.74) is 0.184. The van der Waals surface area contributed by atoms with Gasteiger partial charge in [0.15, 0.2) is 15.8 Å². The number of carboxylic acid groups (broad SMARTS) is 1. The predicted molar refractivity (Wildman–Crippen MR) is 85.7 cm³/mol. The van der Waals surface area contributed by atoms with Crippen LogP contribution in [0.25, 0.3) is 6.08 Å². The number of aromatic carboxylic acids is 1. The maximum atomic E-state index is 11.9. The molecule has 1 aliphatic rings. The van der Waals surface area contributed by atoms with Crippen LogP contribution in [-0.2, 0) is 4.79 Å². The Labute approximate surface area is 135 Å². The van der Waals surface area contributed by atoms with Crippen LogP contribution in [-0.4, -0.2) is 40.5 Å². The van der Waals surface area contributed by atoms with Crippen molar-refractivity contribution in [3.05, 3.63) is 28.2 Å². The molecule has 0 radical (unpaired) electrons. The van der Waals surface area contributed by atoms with Crippen molar-refractivity contribution in [1.29, 1.82) is 0 Å². The molecule has 1 fully saturated rings. The molecule has 7 nitrogen and oxygen atoms in total. The Bertz CT molecular complexity index is 702. The molecule has 0 aromatic heterocycles. The Morgan fingerprint density at radius 1 is 1.41 bits per heavy atom. The number of carbonyl (C=O) groups is 2. The van der Waals surface area contributed by atoms with Gasteiger partial charge >= 0.3 is 5.97 Å². The molecule has 0 bridgehead atoms. The third-order valence-corrected chi connectivity index (χ3v) is 4.23. The lowest BCUT2D eigenvalue weighted by Gasteiger charge is -2.12. The lowest BCUT2D eigenvalue weighted by molar-refractivity contribution is -0.122. The van der Waals surface area contributed by atoms with Crippen LogP contribution in [0.15, 0.2) is 17.0 Å². The molecular weight excluding hydrogens is 328 g/mol. The van der Waals surface area contributed by atoms with E-state index in [-0.39, 0.29) is 26.3 Å². The number of rotatable bonds is 4. The van der Waals surface area contributed by atoms with Gasteiger partial charge < -0.3 is 14.6 Å². The van der Waals surface area contributed by atoms with Crippen LogP contribution in [0.3, 0.4) is 0 Å². The van der Waals surface area contributed by atoms with Gasteiger partial charge in [-0.2, -0.15) is 0 Å². The predicted octanol–water partition coefficient (Wildman–Crippen LogP) is 1.48. The Morgan fingerprint density at radius 3 is 2.55 bits per heavy atom. The first-order chi connectivity index (χ1) is 10.4. The van der Waals surface area contributed by atoms with E-state index in [1.54, 1.807) is 6.07 Å². The fourth-order valence-electron chi connectivity index (χ4n) is 1.90. The van der Waals surface area contributed by atoms with Crippen LogP contribution in [0.5, 0.6) is 11.5 Å². The molecule has 22 heavy (non-hydrogen) atoms. The molecule has 0 aliphatic carbocycles. The molecule has 0 atom stereocenters. The van der Waals surface area contributed by atoms with E-state index in [1.165, 1.54) is 26.4 Å². The van der Waals surface area contributed by atoms with E-state index < -0.39 is 11.9 Å². The molecule has 2 rings (SSSR count). The number of nitrogens with two attached hydrogens (primary N) is 1. The van der Waals surface area contributed by atoms with Gasteiger partial charge in [-0.3, -0.25) is 4.79 Å². The highest BCUT2D eigenvalue weighted by atomic mass is 32.2. The Balaban J connectivity index is 2.59. The number of thioether (sulfide) groups is 1. The summed E-state index contributed by atoms with van der Waals surface area (Å²) in [4.78, 5) is 23.7. The largest absolute Gasteiger partial charge is 0.493 e. The smallest absolute Gasteiger partial charge is 0.340 e. The highest BCUT2D eigenvalue weighted by Crippen LogP contribution is 2.37. The molecule has 1 heterocycles. The molecule has 9 heteroatoms. The lowest BCUT2D eigenvalue weighted by atomic mass is 10.0. The number of methoxy groups -OCH3 is 2. The van der Waals surface area contributed by atoms with E-state index in [0.717, 1.165) is 16.8 Å². The van der Waals surface area contributed by atoms with Crippen molar-refractivity contribution < 1.29 is 24.2 Å². The molecule has 0 saturated carbocycles. The summed E-state index contributed by atoms with van der Waals surface area (Å²) in [6.07, 6.45) is 1.41. The number of hydrazine groups is 1. The second-order valence-electron chi connectivity index (χ2n) is 4.12. The molecular formula is C13H12N2O5S2. The minimum absolute atomic E-state index is 0.0759. The van der Waals surface area contributed by atoms with Crippen molar-refractivity contribution in [3.8, 4) is 11.5 Å². The number of hydrogen-bond donors (Lipinski definition) is 2. The Kier molecular flexibility index (Phi) is 4.69. The fourth-order valence-corrected chi connectivity index (χ4v) is 3.00. The van der Waals surface area contributed by atoms with E-state index in [4.69, 9.17) is 27.5 Å². The normalized spacial score (nSPS) is 16.3. The first-order valence-electron chi connectivity index (χ1n) is 5.91. The summed E-state index contributed by atoms with van der Waals surface area (Å²) >= 11 is 5.93. The number of carbonyl (C=O) groups excluding carboxylic acids is 1. The maximum absolute atomic E-state index is 11.9. The number of ether oxygens (including phenoxy) is 2. The summed E-state index contributed by atoms with van der Waals surface area (Å²) in [6.45, 7) is 0. The van der Waals surface area contributed by atoms with E-state index >= 15 is 0 Å². The number of carboxylic acids is 1. The number of thiocarbonyl (C=S) groups is 1. The second-order valence-corrected chi connectivity index (χ2v) is 5.80. The number of hydrogen-bond acceptors (Lipinski definition) is 7. The third kappa shape index (κ3) is 2.78. The van der Waals surface area contributed by atoms with Gasteiger partial charge in [-0.1, -0.05) is 30.0 Å². The molecule has 1 amide bonds. The average molecular weight is 340 g/mol.